The van der Waals surface area contributed by atoms with Gasteiger partial charge in [0.1, 0.15) is 16.9 Å². The fraction of sp³-hybridized carbons (Fsp3) is 0.562. The molecule has 0 radical (unpaired) electrons. The zero-order valence-corrected chi connectivity index (χ0v) is 12.7. The van der Waals surface area contributed by atoms with Crippen molar-refractivity contribution in [3.63, 3.8) is 0 Å². The zero-order valence-electron chi connectivity index (χ0n) is 12.7. The van der Waals surface area contributed by atoms with Crippen molar-refractivity contribution in [2.45, 2.75) is 47.1 Å². The number of rotatable bonds is 4. The van der Waals surface area contributed by atoms with Crippen LogP contribution in [0.1, 0.15) is 50.5 Å². The molecule has 0 aromatic heterocycles. The number of esters is 1. The summed E-state index contributed by atoms with van der Waals surface area (Å²) >= 11 is 0. The highest BCUT2D eigenvalue weighted by molar-refractivity contribution is 5.93. The Kier molecular flexibility index (Phi) is 4.98. The van der Waals surface area contributed by atoms with Crippen molar-refractivity contribution in [3.8, 4) is 5.75 Å². The second-order valence-electron chi connectivity index (χ2n) is 6.16. The summed E-state index contributed by atoms with van der Waals surface area (Å²) in [5, 5.41) is 0. The van der Waals surface area contributed by atoms with Crippen molar-refractivity contribution < 1.29 is 14.3 Å². The van der Waals surface area contributed by atoms with Gasteiger partial charge in [0.15, 0.2) is 0 Å². The summed E-state index contributed by atoms with van der Waals surface area (Å²) in [5.74, 6) is 0.700. The number of aryl methyl sites for hydroxylation is 1. The van der Waals surface area contributed by atoms with Gasteiger partial charge < -0.3 is 9.47 Å². The Morgan fingerprint density at radius 3 is 2.42 bits per heavy atom. The maximum absolute atomic E-state index is 12.2. The highest BCUT2D eigenvalue weighted by atomic mass is 16.6. The summed E-state index contributed by atoms with van der Waals surface area (Å²) in [6.45, 7) is 12.2. The quantitative estimate of drug-likeness (QED) is 0.771. The zero-order chi connectivity index (χ0) is 14.6. The van der Waals surface area contributed by atoms with Crippen molar-refractivity contribution >= 4 is 5.97 Å². The second kappa shape index (κ2) is 6.09. The van der Waals surface area contributed by atoms with E-state index in [1.54, 1.807) is 6.07 Å². The third kappa shape index (κ3) is 4.93. The SMILES string of the molecule is Cc1cccc(C(=O)OC(C)(C)C)c1OCC(C)C. The van der Waals surface area contributed by atoms with Crippen molar-refractivity contribution in [1.82, 2.24) is 0 Å². The smallest absolute Gasteiger partial charge is 0.342 e. The van der Waals surface area contributed by atoms with Crippen LogP contribution in [0.3, 0.4) is 0 Å². The highest BCUT2D eigenvalue weighted by Crippen LogP contribution is 2.26. The number of carbonyl (C=O) groups is 1. The van der Waals surface area contributed by atoms with E-state index in [1.165, 1.54) is 0 Å². The first-order chi connectivity index (χ1) is 8.70. The lowest BCUT2D eigenvalue weighted by atomic mass is 10.1. The molecular formula is C16H24O3. The lowest BCUT2D eigenvalue weighted by molar-refractivity contribution is 0.00652. The van der Waals surface area contributed by atoms with Crippen molar-refractivity contribution in [3.05, 3.63) is 29.3 Å². The van der Waals surface area contributed by atoms with Crippen molar-refractivity contribution in [1.29, 1.82) is 0 Å². The maximum atomic E-state index is 12.2. The van der Waals surface area contributed by atoms with Gasteiger partial charge in [-0.1, -0.05) is 26.0 Å². The summed E-state index contributed by atoms with van der Waals surface area (Å²) in [6.07, 6.45) is 0. The van der Waals surface area contributed by atoms with Crippen LogP contribution in [0.15, 0.2) is 18.2 Å². The van der Waals surface area contributed by atoms with Gasteiger partial charge in [-0.15, -0.1) is 0 Å². The Bertz CT molecular complexity index is 442. The van der Waals surface area contributed by atoms with Crippen LogP contribution in [0.25, 0.3) is 0 Å². The minimum absolute atomic E-state index is 0.338. The van der Waals surface area contributed by atoms with Gasteiger partial charge in [0.2, 0.25) is 0 Å². The fourth-order valence-electron chi connectivity index (χ4n) is 1.59. The Morgan fingerprint density at radius 2 is 1.89 bits per heavy atom. The molecule has 106 valence electrons. The predicted molar refractivity (Wildman–Crippen MR) is 76.7 cm³/mol. The van der Waals surface area contributed by atoms with E-state index in [4.69, 9.17) is 9.47 Å². The molecule has 0 atom stereocenters. The van der Waals surface area contributed by atoms with E-state index >= 15 is 0 Å². The second-order valence-corrected chi connectivity index (χ2v) is 6.16. The maximum Gasteiger partial charge on any atom is 0.342 e. The van der Waals surface area contributed by atoms with Crippen LogP contribution in [-0.4, -0.2) is 18.2 Å². The fourth-order valence-corrected chi connectivity index (χ4v) is 1.59. The summed E-state index contributed by atoms with van der Waals surface area (Å²) < 4.78 is 11.2. The van der Waals surface area contributed by atoms with E-state index in [-0.39, 0.29) is 5.97 Å². The summed E-state index contributed by atoms with van der Waals surface area (Å²) in [6, 6.07) is 5.52. The third-order valence-electron chi connectivity index (χ3n) is 2.39. The van der Waals surface area contributed by atoms with E-state index in [1.807, 2.05) is 39.8 Å². The lowest BCUT2D eigenvalue weighted by Gasteiger charge is -2.21. The molecule has 0 N–H and O–H groups in total. The Hall–Kier alpha value is -1.51. The number of para-hydroxylation sites is 1. The summed E-state index contributed by atoms with van der Waals surface area (Å²) in [7, 11) is 0. The van der Waals surface area contributed by atoms with Gasteiger partial charge in [-0.2, -0.15) is 0 Å². The van der Waals surface area contributed by atoms with E-state index in [0.29, 0.717) is 23.8 Å². The summed E-state index contributed by atoms with van der Waals surface area (Å²) in [4.78, 5) is 12.2. The molecule has 0 spiro atoms. The molecular weight excluding hydrogens is 240 g/mol. The third-order valence-corrected chi connectivity index (χ3v) is 2.39. The van der Waals surface area contributed by atoms with Gasteiger partial charge in [0.25, 0.3) is 0 Å². The first kappa shape index (κ1) is 15.5. The monoisotopic (exact) mass is 264 g/mol. The van der Waals surface area contributed by atoms with Gasteiger partial charge >= 0.3 is 5.97 Å². The normalized spacial score (nSPS) is 11.5. The first-order valence-corrected chi connectivity index (χ1v) is 6.66. The molecule has 1 aromatic rings. The van der Waals surface area contributed by atoms with E-state index < -0.39 is 5.60 Å². The van der Waals surface area contributed by atoms with Crippen LogP contribution in [0, 0.1) is 12.8 Å². The molecule has 0 amide bonds. The van der Waals surface area contributed by atoms with E-state index in [9.17, 15) is 4.79 Å². The van der Waals surface area contributed by atoms with Crippen LogP contribution in [0.2, 0.25) is 0 Å². The number of hydrogen-bond donors (Lipinski definition) is 0. The standard InChI is InChI=1S/C16H24O3/c1-11(2)10-18-14-12(3)8-7-9-13(14)15(17)19-16(4,5)6/h7-9,11H,10H2,1-6H3. The van der Waals surface area contributed by atoms with Crippen LogP contribution in [0.5, 0.6) is 5.75 Å². The molecule has 0 aliphatic carbocycles. The summed E-state index contributed by atoms with van der Waals surface area (Å²) in [5.41, 5.74) is 0.940. The van der Waals surface area contributed by atoms with Crippen molar-refractivity contribution in [2.75, 3.05) is 6.61 Å². The lowest BCUT2D eigenvalue weighted by Crippen LogP contribution is -2.24. The molecule has 0 unspecified atom stereocenters. The minimum Gasteiger partial charge on any atom is -0.492 e. The van der Waals surface area contributed by atoms with E-state index in [2.05, 4.69) is 13.8 Å². The largest absolute Gasteiger partial charge is 0.492 e. The minimum atomic E-state index is -0.504. The number of hydrogen-bond acceptors (Lipinski definition) is 3. The molecule has 0 bridgehead atoms. The van der Waals surface area contributed by atoms with Gasteiger partial charge in [0, 0.05) is 0 Å². The van der Waals surface area contributed by atoms with Gasteiger partial charge in [-0.25, -0.2) is 4.79 Å². The molecule has 0 fully saturated rings. The molecule has 0 aliphatic heterocycles. The van der Waals surface area contributed by atoms with Gasteiger partial charge in [0.05, 0.1) is 6.61 Å². The molecule has 0 heterocycles. The van der Waals surface area contributed by atoms with E-state index in [0.717, 1.165) is 5.56 Å². The molecule has 19 heavy (non-hydrogen) atoms. The Morgan fingerprint density at radius 1 is 1.26 bits per heavy atom. The van der Waals surface area contributed by atoms with Crippen LogP contribution < -0.4 is 4.74 Å². The Balaban J connectivity index is 2.99. The molecule has 0 saturated heterocycles. The number of carbonyl (C=O) groups excluding carboxylic acids is 1. The molecule has 0 saturated carbocycles. The molecule has 3 heteroatoms. The van der Waals surface area contributed by atoms with Crippen LogP contribution in [0.4, 0.5) is 0 Å². The first-order valence-electron chi connectivity index (χ1n) is 6.66. The average molecular weight is 264 g/mol. The average Bonchev–Trinajstić information content (AvgIpc) is 2.24. The molecule has 1 aromatic carbocycles. The highest BCUT2D eigenvalue weighted by Gasteiger charge is 2.22. The number of ether oxygens (including phenoxy) is 2. The van der Waals surface area contributed by atoms with Crippen LogP contribution in [-0.2, 0) is 4.74 Å². The molecule has 3 nitrogen and oxygen atoms in total. The van der Waals surface area contributed by atoms with Crippen LogP contribution >= 0.6 is 0 Å². The topological polar surface area (TPSA) is 35.5 Å². The predicted octanol–water partition coefficient (Wildman–Crippen LogP) is 3.99. The molecule has 1 rings (SSSR count). The van der Waals surface area contributed by atoms with Gasteiger partial charge in [-0.05, 0) is 45.2 Å². The van der Waals surface area contributed by atoms with Crippen molar-refractivity contribution in [2.24, 2.45) is 5.92 Å². The Labute approximate surface area is 115 Å². The van der Waals surface area contributed by atoms with Gasteiger partial charge in [-0.3, -0.25) is 0 Å². The number of benzene rings is 1. The molecule has 0 aliphatic rings.